The Morgan fingerprint density at radius 1 is 1.38 bits per heavy atom. The Morgan fingerprint density at radius 3 is 2.81 bits per heavy atom. The Morgan fingerprint density at radius 2 is 2.19 bits per heavy atom. The van der Waals surface area contributed by atoms with Gasteiger partial charge < -0.3 is 9.47 Å². The first-order valence-corrected chi connectivity index (χ1v) is 8.34. The van der Waals surface area contributed by atoms with Gasteiger partial charge in [-0.15, -0.1) is 11.6 Å². The molecular formula is C15H24ClN5. The zero-order valence-electron chi connectivity index (χ0n) is 13.1. The molecular weight excluding hydrogens is 286 g/mol. The van der Waals surface area contributed by atoms with E-state index in [1.54, 1.807) is 0 Å². The van der Waals surface area contributed by atoms with E-state index in [2.05, 4.69) is 33.2 Å². The number of halogens is 1. The normalized spacial score (nSPS) is 19.9. The van der Waals surface area contributed by atoms with Crippen LogP contribution in [-0.4, -0.2) is 50.2 Å². The van der Waals surface area contributed by atoms with Crippen LogP contribution in [0, 0.1) is 12.8 Å². The summed E-state index contributed by atoms with van der Waals surface area (Å²) in [4.78, 5) is 7.22. The average molecular weight is 310 g/mol. The highest BCUT2D eigenvalue weighted by atomic mass is 35.5. The van der Waals surface area contributed by atoms with Crippen LogP contribution in [0.5, 0.6) is 0 Å². The monoisotopic (exact) mass is 309 g/mol. The maximum absolute atomic E-state index is 5.97. The lowest BCUT2D eigenvalue weighted by Gasteiger charge is -2.15. The van der Waals surface area contributed by atoms with Gasteiger partial charge in [-0.1, -0.05) is 0 Å². The highest BCUT2D eigenvalue weighted by Crippen LogP contribution is 2.24. The van der Waals surface area contributed by atoms with Crippen molar-refractivity contribution in [1.29, 1.82) is 0 Å². The summed E-state index contributed by atoms with van der Waals surface area (Å²) in [5, 5.41) is 4.61. The molecule has 2 aromatic heterocycles. The number of nitrogens with zero attached hydrogens (tertiary/aromatic N) is 5. The Hall–Kier alpha value is -1.07. The van der Waals surface area contributed by atoms with E-state index in [-0.39, 0.29) is 0 Å². The molecule has 1 aliphatic heterocycles. The number of alkyl halides is 1. The van der Waals surface area contributed by atoms with Crippen molar-refractivity contribution in [3.05, 3.63) is 11.5 Å². The third kappa shape index (κ3) is 2.69. The summed E-state index contributed by atoms with van der Waals surface area (Å²) < 4.78 is 4.44. The largest absolute Gasteiger partial charge is 0.313 e. The number of aryl methyl sites for hydroxylation is 3. The van der Waals surface area contributed by atoms with Gasteiger partial charge in [-0.3, -0.25) is 0 Å². The number of fused-ring (bicyclic) bond motifs is 1. The molecule has 2 aromatic rings. The first-order chi connectivity index (χ1) is 10.1. The summed E-state index contributed by atoms with van der Waals surface area (Å²) in [7, 11) is 2.20. The molecule has 116 valence electrons. The Kier molecular flexibility index (Phi) is 4.22. The predicted octanol–water partition coefficient (Wildman–Crippen LogP) is 2.29. The van der Waals surface area contributed by atoms with Crippen LogP contribution in [-0.2, 0) is 19.5 Å². The van der Waals surface area contributed by atoms with Gasteiger partial charge in [-0.2, -0.15) is 5.10 Å². The van der Waals surface area contributed by atoms with Crippen molar-refractivity contribution >= 4 is 22.8 Å². The van der Waals surface area contributed by atoms with Crippen LogP contribution >= 0.6 is 11.6 Å². The fourth-order valence-corrected chi connectivity index (χ4v) is 3.56. The number of aromatic nitrogens is 4. The number of hydrogen-bond donors (Lipinski definition) is 0. The second kappa shape index (κ2) is 5.97. The summed E-state index contributed by atoms with van der Waals surface area (Å²) in [6.45, 7) is 8.44. The third-order valence-electron chi connectivity index (χ3n) is 4.43. The van der Waals surface area contributed by atoms with E-state index < -0.39 is 0 Å². The van der Waals surface area contributed by atoms with Crippen LogP contribution in [0.4, 0.5) is 0 Å². The Bertz CT molecular complexity index is 630. The minimum absolute atomic E-state index is 0.614. The molecule has 0 bridgehead atoms. The van der Waals surface area contributed by atoms with Crippen molar-refractivity contribution in [2.24, 2.45) is 5.92 Å². The summed E-state index contributed by atoms with van der Waals surface area (Å²) in [5.74, 6) is 2.42. The average Bonchev–Trinajstić information content (AvgIpc) is 3.10. The van der Waals surface area contributed by atoms with Gasteiger partial charge in [0.1, 0.15) is 11.3 Å². The van der Waals surface area contributed by atoms with Crippen molar-refractivity contribution in [1.82, 2.24) is 24.2 Å². The van der Waals surface area contributed by atoms with Gasteiger partial charge >= 0.3 is 0 Å². The minimum Gasteiger partial charge on any atom is -0.313 e. The summed E-state index contributed by atoms with van der Waals surface area (Å²) in [5.41, 5.74) is 3.23. The number of likely N-dealkylation sites (tertiary alicyclic amines) is 1. The molecule has 1 atom stereocenters. The lowest BCUT2D eigenvalue weighted by atomic mass is 10.1. The maximum Gasteiger partial charge on any atom is 0.158 e. The lowest BCUT2D eigenvalue weighted by molar-refractivity contribution is 0.376. The van der Waals surface area contributed by atoms with Gasteiger partial charge in [0.15, 0.2) is 5.65 Å². The second-order valence-electron chi connectivity index (χ2n) is 6.07. The van der Waals surface area contributed by atoms with E-state index >= 15 is 0 Å². The SMILES string of the molecule is CCn1nc(C)c2nc(CCCl)n(CC3CCN(C)C3)c21. The van der Waals surface area contributed by atoms with E-state index in [1.807, 2.05) is 6.92 Å². The Labute approximate surface area is 130 Å². The standard InChI is InChI=1S/C15H24ClN5/c1-4-21-15-14(11(2)18-21)17-13(5-7-16)20(15)10-12-6-8-19(3)9-12/h12H,4-10H2,1-3H3. The van der Waals surface area contributed by atoms with Crippen molar-refractivity contribution in [2.45, 2.75) is 39.8 Å². The molecule has 3 rings (SSSR count). The highest BCUT2D eigenvalue weighted by molar-refractivity contribution is 6.17. The molecule has 1 unspecified atom stereocenters. The molecule has 1 aliphatic rings. The quantitative estimate of drug-likeness (QED) is 0.796. The molecule has 0 aliphatic carbocycles. The molecule has 1 fully saturated rings. The molecule has 0 N–H and O–H groups in total. The maximum atomic E-state index is 5.97. The first kappa shape index (κ1) is 14.9. The van der Waals surface area contributed by atoms with Gasteiger partial charge in [0, 0.05) is 31.9 Å². The first-order valence-electron chi connectivity index (χ1n) is 7.81. The fourth-order valence-electron chi connectivity index (χ4n) is 3.39. The summed E-state index contributed by atoms with van der Waals surface area (Å²) in [6, 6.07) is 0. The smallest absolute Gasteiger partial charge is 0.158 e. The fraction of sp³-hybridized carbons (Fsp3) is 0.733. The summed E-state index contributed by atoms with van der Waals surface area (Å²) in [6.07, 6.45) is 2.08. The van der Waals surface area contributed by atoms with Gasteiger partial charge in [-0.25, -0.2) is 9.67 Å². The van der Waals surface area contributed by atoms with E-state index in [4.69, 9.17) is 16.6 Å². The Balaban J connectivity index is 2.02. The molecule has 0 saturated carbocycles. The molecule has 0 amide bonds. The number of hydrogen-bond acceptors (Lipinski definition) is 3. The van der Waals surface area contributed by atoms with E-state index in [0.29, 0.717) is 11.8 Å². The molecule has 21 heavy (non-hydrogen) atoms. The summed E-state index contributed by atoms with van der Waals surface area (Å²) >= 11 is 5.97. The van der Waals surface area contributed by atoms with E-state index in [1.165, 1.54) is 25.2 Å². The third-order valence-corrected chi connectivity index (χ3v) is 4.61. The van der Waals surface area contributed by atoms with Crippen molar-refractivity contribution in [2.75, 3.05) is 26.0 Å². The highest BCUT2D eigenvalue weighted by Gasteiger charge is 2.24. The van der Waals surface area contributed by atoms with Crippen LogP contribution < -0.4 is 0 Å². The van der Waals surface area contributed by atoms with Crippen LogP contribution in [0.2, 0.25) is 0 Å². The minimum atomic E-state index is 0.614. The number of rotatable bonds is 5. The molecule has 0 aromatic carbocycles. The van der Waals surface area contributed by atoms with Crippen molar-refractivity contribution in [3.63, 3.8) is 0 Å². The van der Waals surface area contributed by atoms with E-state index in [9.17, 15) is 0 Å². The molecule has 0 radical (unpaired) electrons. The second-order valence-corrected chi connectivity index (χ2v) is 6.45. The van der Waals surface area contributed by atoms with Gasteiger partial charge in [0.25, 0.3) is 0 Å². The van der Waals surface area contributed by atoms with Gasteiger partial charge in [0.05, 0.1) is 5.69 Å². The lowest BCUT2D eigenvalue weighted by Crippen LogP contribution is -2.19. The molecule has 6 heteroatoms. The zero-order valence-corrected chi connectivity index (χ0v) is 13.9. The van der Waals surface area contributed by atoms with Crippen LogP contribution in [0.1, 0.15) is 24.9 Å². The molecule has 0 spiro atoms. The molecule has 1 saturated heterocycles. The van der Waals surface area contributed by atoms with Crippen LogP contribution in [0.3, 0.4) is 0 Å². The van der Waals surface area contributed by atoms with Gasteiger partial charge in [-0.05, 0) is 39.8 Å². The van der Waals surface area contributed by atoms with Crippen molar-refractivity contribution in [3.8, 4) is 0 Å². The topological polar surface area (TPSA) is 38.9 Å². The van der Waals surface area contributed by atoms with Crippen LogP contribution in [0.15, 0.2) is 0 Å². The van der Waals surface area contributed by atoms with Crippen molar-refractivity contribution < 1.29 is 0 Å². The molecule has 5 nitrogen and oxygen atoms in total. The zero-order chi connectivity index (χ0) is 15.0. The van der Waals surface area contributed by atoms with Crippen LogP contribution in [0.25, 0.3) is 11.2 Å². The number of imidazole rings is 1. The predicted molar refractivity (Wildman–Crippen MR) is 86.0 cm³/mol. The molecule has 3 heterocycles. The van der Waals surface area contributed by atoms with Gasteiger partial charge in [0.2, 0.25) is 0 Å². The van der Waals surface area contributed by atoms with E-state index in [0.717, 1.165) is 36.5 Å².